The molecule has 0 aliphatic rings. The second kappa shape index (κ2) is 6.03. The number of nitrogens with one attached hydrogen (secondary N) is 1. The fourth-order valence-electron chi connectivity index (χ4n) is 1.92. The van der Waals surface area contributed by atoms with Gasteiger partial charge in [-0.25, -0.2) is 0 Å². The zero-order chi connectivity index (χ0) is 13.0. The molecule has 0 fully saturated rings. The lowest BCUT2D eigenvalue weighted by Crippen LogP contribution is -2.12. The zero-order valence-electron chi connectivity index (χ0n) is 11.1. The van der Waals surface area contributed by atoms with Crippen molar-refractivity contribution >= 4 is 11.3 Å². The summed E-state index contributed by atoms with van der Waals surface area (Å²) in [6.45, 7) is 6.06. The Kier molecular flexibility index (Phi) is 4.39. The van der Waals surface area contributed by atoms with Crippen LogP contribution in [0.3, 0.4) is 0 Å². The first-order valence-corrected chi connectivity index (χ1v) is 7.00. The lowest BCUT2D eigenvalue weighted by molar-refractivity contribution is 0.408. The number of aryl methyl sites for hydroxylation is 1. The average Bonchev–Trinajstić information content (AvgIpc) is 2.82. The predicted octanol–water partition coefficient (Wildman–Crippen LogP) is 3.84. The van der Waals surface area contributed by atoms with Crippen LogP contribution in [0.4, 0.5) is 0 Å². The third kappa shape index (κ3) is 2.92. The molecular weight excluding hydrogens is 242 g/mol. The number of benzene rings is 1. The molecule has 0 aliphatic heterocycles. The number of hydrogen-bond acceptors (Lipinski definition) is 3. The van der Waals surface area contributed by atoms with Gasteiger partial charge < -0.3 is 10.1 Å². The normalized spacial score (nSPS) is 10.6. The lowest BCUT2D eigenvalue weighted by atomic mass is 10.1. The molecule has 0 unspecified atom stereocenters. The Hall–Kier alpha value is -1.32. The predicted molar refractivity (Wildman–Crippen MR) is 78.4 cm³/mol. The Balaban J connectivity index is 2.32. The Morgan fingerprint density at radius 3 is 2.67 bits per heavy atom. The molecule has 2 aromatic rings. The Labute approximate surface area is 113 Å². The fourth-order valence-corrected chi connectivity index (χ4v) is 2.78. The molecule has 0 radical (unpaired) electrons. The van der Waals surface area contributed by atoms with Gasteiger partial charge in [-0.3, -0.25) is 0 Å². The van der Waals surface area contributed by atoms with Crippen molar-refractivity contribution in [1.29, 1.82) is 0 Å². The van der Waals surface area contributed by atoms with E-state index in [1.807, 2.05) is 11.3 Å². The molecule has 0 aliphatic carbocycles. The van der Waals surface area contributed by atoms with Gasteiger partial charge in [-0.05, 0) is 49.4 Å². The molecule has 18 heavy (non-hydrogen) atoms. The van der Waals surface area contributed by atoms with E-state index in [0.717, 1.165) is 18.8 Å². The summed E-state index contributed by atoms with van der Waals surface area (Å²) in [4.78, 5) is 2.65. The van der Waals surface area contributed by atoms with Crippen molar-refractivity contribution in [3.8, 4) is 16.2 Å². The van der Waals surface area contributed by atoms with Crippen LogP contribution in [0.2, 0.25) is 0 Å². The Morgan fingerprint density at radius 2 is 2.06 bits per heavy atom. The number of thiophene rings is 1. The second-order valence-electron chi connectivity index (χ2n) is 4.22. The molecule has 96 valence electrons. The van der Waals surface area contributed by atoms with Crippen molar-refractivity contribution in [2.75, 3.05) is 13.7 Å². The number of methoxy groups -OCH3 is 1. The first kappa shape index (κ1) is 13.1. The summed E-state index contributed by atoms with van der Waals surface area (Å²) >= 11 is 1.83. The first-order valence-electron chi connectivity index (χ1n) is 6.19. The maximum Gasteiger partial charge on any atom is 0.123 e. The summed E-state index contributed by atoms with van der Waals surface area (Å²) in [6.07, 6.45) is 0. The summed E-state index contributed by atoms with van der Waals surface area (Å²) in [5.41, 5.74) is 2.48. The SMILES string of the molecule is CCNCc1cc(-c2ccc(C)s2)ccc1OC. The van der Waals surface area contributed by atoms with Crippen LogP contribution in [0.25, 0.3) is 10.4 Å². The molecule has 1 heterocycles. The van der Waals surface area contributed by atoms with Gasteiger partial charge in [0.1, 0.15) is 5.75 Å². The fraction of sp³-hybridized carbons (Fsp3) is 0.333. The Bertz CT molecular complexity index is 519. The summed E-state index contributed by atoms with van der Waals surface area (Å²) in [7, 11) is 1.72. The third-order valence-electron chi connectivity index (χ3n) is 2.87. The van der Waals surface area contributed by atoms with Crippen molar-refractivity contribution in [1.82, 2.24) is 5.32 Å². The molecule has 1 aromatic heterocycles. The van der Waals surface area contributed by atoms with Gasteiger partial charge in [0.15, 0.2) is 0 Å². The van der Waals surface area contributed by atoms with E-state index in [2.05, 4.69) is 49.5 Å². The van der Waals surface area contributed by atoms with E-state index >= 15 is 0 Å². The van der Waals surface area contributed by atoms with Crippen molar-refractivity contribution < 1.29 is 4.74 Å². The molecule has 3 heteroatoms. The van der Waals surface area contributed by atoms with Gasteiger partial charge in [-0.1, -0.05) is 6.92 Å². The van der Waals surface area contributed by atoms with Gasteiger partial charge in [0.2, 0.25) is 0 Å². The molecule has 0 saturated carbocycles. The average molecular weight is 261 g/mol. The van der Waals surface area contributed by atoms with Crippen LogP contribution >= 0.6 is 11.3 Å². The molecule has 0 amide bonds. The molecule has 0 spiro atoms. The minimum absolute atomic E-state index is 0.845. The molecule has 0 atom stereocenters. The topological polar surface area (TPSA) is 21.3 Å². The highest BCUT2D eigenvalue weighted by atomic mass is 32.1. The van der Waals surface area contributed by atoms with E-state index in [1.165, 1.54) is 20.9 Å². The summed E-state index contributed by atoms with van der Waals surface area (Å²) in [5.74, 6) is 0.952. The van der Waals surface area contributed by atoms with Gasteiger partial charge in [-0.2, -0.15) is 0 Å². The number of rotatable bonds is 5. The first-order chi connectivity index (χ1) is 8.74. The molecule has 2 rings (SSSR count). The summed E-state index contributed by atoms with van der Waals surface area (Å²) < 4.78 is 5.40. The van der Waals surface area contributed by atoms with E-state index in [0.29, 0.717) is 0 Å². The molecular formula is C15H19NOS. The van der Waals surface area contributed by atoms with Crippen LogP contribution in [0.15, 0.2) is 30.3 Å². The van der Waals surface area contributed by atoms with Crippen molar-refractivity contribution in [3.63, 3.8) is 0 Å². The van der Waals surface area contributed by atoms with E-state index in [9.17, 15) is 0 Å². The van der Waals surface area contributed by atoms with Crippen LogP contribution in [0.5, 0.6) is 5.75 Å². The third-order valence-corrected chi connectivity index (χ3v) is 3.92. The van der Waals surface area contributed by atoms with E-state index in [1.54, 1.807) is 7.11 Å². The van der Waals surface area contributed by atoms with Gasteiger partial charge in [0.25, 0.3) is 0 Å². The standard InChI is InChI=1S/C15H19NOS/c1-4-16-10-13-9-12(6-7-14(13)17-3)15-8-5-11(2)18-15/h5-9,16H,4,10H2,1-3H3. The molecule has 0 saturated heterocycles. The minimum atomic E-state index is 0.845. The van der Waals surface area contributed by atoms with Gasteiger partial charge >= 0.3 is 0 Å². The van der Waals surface area contributed by atoms with Crippen LogP contribution in [-0.2, 0) is 6.54 Å². The van der Waals surface area contributed by atoms with Crippen LogP contribution in [-0.4, -0.2) is 13.7 Å². The maximum atomic E-state index is 5.40. The monoisotopic (exact) mass is 261 g/mol. The van der Waals surface area contributed by atoms with Crippen LogP contribution in [0.1, 0.15) is 17.4 Å². The number of ether oxygens (including phenoxy) is 1. The maximum absolute atomic E-state index is 5.40. The minimum Gasteiger partial charge on any atom is -0.496 e. The van der Waals surface area contributed by atoms with Gasteiger partial charge in [0, 0.05) is 21.9 Å². The Morgan fingerprint density at radius 1 is 1.22 bits per heavy atom. The van der Waals surface area contributed by atoms with E-state index < -0.39 is 0 Å². The quantitative estimate of drug-likeness (QED) is 0.883. The van der Waals surface area contributed by atoms with E-state index in [4.69, 9.17) is 4.74 Å². The molecule has 1 aromatic carbocycles. The smallest absolute Gasteiger partial charge is 0.123 e. The van der Waals surface area contributed by atoms with Crippen LogP contribution in [0, 0.1) is 6.92 Å². The highest BCUT2D eigenvalue weighted by Crippen LogP contribution is 2.31. The molecule has 2 nitrogen and oxygen atoms in total. The van der Waals surface area contributed by atoms with Crippen molar-refractivity contribution in [3.05, 3.63) is 40.8 Å². The van der Waals surface area contributed by atoms with Crippen molar-refractivity contribution in [2.24, 2.45) is 0 Å². The second-order valence-corrected chi connectivity index (χ2v) is 5.51. The summed E-state index contributed by atoms with van der Waals surface area (Å²) in [6, 6.07) is 10.7. The van der Waals surface area contributed by atoms with E-state index in [-0.39, 0.29) is 0 Å². The zero-order valence-corrected chi connectivity index (χ0v) is 11.9. The molecule has 1 N–H and O–H groups in total. The highest BCUT2D eigenvalue weighted by molar-refractivity contribution is 7.15. The largest absolute Gasteiger partial charge is 0.496 e. The highest BCUT2D eigenvalue weighted by Gasteiger charge is 2.06. The van der Waals surface area contributed by atoms with Crippen molar-refractivity contribution in [2.45, 2.75) is 20.4 Å². The number of hydrogen-bond donors (Lipinski definition) is 1. The lowest BCUT2D eigenvalue weighted by Gasteiger charge is -2.10. The molecule has 0 bridgehead atoms. The van der Waals surface area contributed by atoms with Crippen LogP contribution < -0.4 is 10.1 Å². The van der Waals surface area contributed by atoms with Gasteiger partial charge in [0.05, 0.1) is 7.11 Å². The summed E-state index contributed by atoms with van der Waals surface area (Å²) in [5, 5.41) is 3.35. The van der Waals surface area contributed by atoms with Gasteiger partial charge in [-0.15, -0.1) is 11.3 Å².